The van der Waals surface area contributed by atoms with Crippen molar-refractivity contribution in [1.82, 2.24) is 30.2 Å². The topological polar surface area (TPSA) is 81.4 Å². The number of hydrogen-bond donors (Lipinski definition) is 1. The highest BCUT2D eigenvalue weighted by Crippen LogP contribution is 2.33. The molecule has 0 unspecified atom stereocenters. The smallest absolute Gasteiger partial charge is 0.215 e. The lowest BCUT2D eigenvalue weighted by Gasteiger charge is -2.10. The highest BCUT2D eigenvalue weighted by atomic mass is 32.2. The lowest BCUT2D eigenvalue weighted by molar-refractivity contribution is 0.423. The normalized spacial score (nSPS) is 15.7. The number of nitrogens with zero attached hydrogens (tertiary/aromatic N) is 6. The van der Waals surface area contributed by atoms with E-state index in [1.807, 2.05) is 17.7 Å². The van der Waals surface area contributed by atoms with Crippen molar-refractivity contribution in [2.75, 3.05) is 11.9 Å². The first-order valence-corrected chi connectivity index (χ1v) is 7.70. The van der Waals surface area contributed by atoms with E-state index >= 15 is 0 Å². The van der Waals surface area contributed by atoms with E-state index in [9.17, 15) is 0 Å². The molecular weight excluding hydrogens is 274 g/mol. The van der Waals surface area contributed by atoms with Crippen molar-refractivity contribution in [3.8, 4) is 0 Å². The van der Waals surface area contributed by atoms with Crippen LogP contribution in [-0.2, 0) is 0 Å². The van der Waals surface area contributed by atoms with Crippen molar-refractivity contribution in [3.05, 3.63) is 12.4 Å². The van der Waals surface area contributed by atoms with Gasteiger partial charge in [0.2, 0.25) is 5.16 Å². The molecule has 3 rings (SSSR count). The lowest BCUT2D eigenvalue weighted by atomic mass is 10.3. The summed E-state index contributed by atoms with van der Waals surface area (Å²) < 4.78 is 1.94. The molecule has 1 saturated carbocycles. The maximum atomic E-state index is 4.27. The van der Waals surface area contributed by atoms with Crippen LogP contribution in [0, 0.1) is 0 Å². The first kappa shape index (κ1) is 13.3. The molecule has 2 aromatic rings. The molecule has 1 aliphatic carbocycles. The molecule has 0 bridgehead atoms. The van der Waals surface area contributed by atoms with Gasteiger partial charge < -0.3 is 5.32 Å². The summed E-state index contributed by atoms with van der Waals surface area (Å²) in [6, 6.07) is 2.35. The monoisotopic (exact) mass is 291 g/mol. The second kappa shape index (κ2) is 6.17. The summed E-state index contributed by atoms with van der Waals surface area (Å²) in [5.74, 6) is 0.824. The summed E-state index contributed by atoms with van der Waals surface area (Å²) in [7, 11) is 0. The van der Waals surface area contributed by atoms with Gasteiger partial charge in [-0.05, 0) is 42.0 Å². The molecule has 2 heterocycles. The molecule has 0 aliphatic heterocycles. The molecule has 20 heavy (non-hydrogen) atoms. The summed E-state index contributed by atoms with van der Waals surface area (Å²) in [5.41, 5.74) is 0. The van der Waals surface area contributed by atoms with Crippen molar-refractivity contribution in [3.63, 3.8) is 0 Å². The van der Waals surface area contributed by atoms with Gasteiger partial charge in [0.05, 0.1) is 6.04 Å². The minimum atomic E-state index is 0.433. The van der Waals surface area contributed by atoms with E-state index in [1.165, 1.54) is 24.6 Å². The number of hydrogen-bond acceptors (Lipinski definition) is 7. The molecule has 0 saturated heterocycles. The van der Waals surface area contributed by atoms with Crippen LogP contribution >= 0.6 is 11.8 Å². The molecular formula is C12H17N7S. The van der Waals surface area contributed by atoms with Crippen LogP contribution in [0.2, 0.25) is 0 Å². The Balaban J connectivity index is 1.77. The maximum Gasteiger partial charge on any atom is 0.215 e. The standard InChI is InChI=1S/C12H17N7S/c1-2-13-10-7-11(15-8-14-10)20-12-16-17-18-19(12)9-5-3-4-6-9/h7-9H,2-6H2,1H3,(H,13,14,15). The van der Waals surface area contributed by atoms with E-state index in [4.69, 9.17) is 0 Å². The van der Waals surface area contributed by atoms with E-state index < -0.39 is 0 Å². The zero-order valence-corrected chi connectivity index (χ0v) is 12.2. The first-order chi connectivity index (χ1) is 9.86. The van der Waals surface area contributed by atoms with Crippen LogP contribution in [0.25, 0.3) is 0 Å². The van der Waals surface area contributed by atoms with Gasteiger partial charge in [0.25, 0.3) is 0 Å². The first-order valence-electron chi connectivity index (χ1n) is 6.88. The highest BCUT2D eigenvalue weighted by Gasteiger charge is 2.22. The number of nitrogens with one attached hydrogen (secondary N) is 1. The Bertz CT molecular complexity index is 564. The Kier molecular flexibility index (Phi) is 4.10. The molecule has 1 aliphatic rings. The lowest BCUT2D eigenvalue weighted by Crippen LogP contribution is -2.08. The second-order valence-corrected chi connectivity index (χ2v) is 5.71. The number of tetrazole rings is 1. The molecule has 8 heteroatoms. The number of anilines is 1. The molecule has 106 valence electrons. The number of rotatable bonds is 5. The number of aromatic nitrogens is 6. The van der Waals surface area contributed by atoms with Crippen LogP contribution in [-0.4, -0.2) is 36.7 Å². The van der Waals surface area contributed by atoms with E-state index in [1.54, 1.807) is 6.33 Å². The van der Waals surface area contributed by atoms with E-state index in [-0.39, 0.29) is 0 Å². The molecule has 0 radical (unpaired) electrons. The van der Waals surface area contributed by atoms with E-state index in [2.05, 4.69) is 30.8 Å². The van der Waals surface area contributed by atoms with Crippen molar-refractivity contribution in [1.29, 1.82) is 0 Å². The summed E-state index contributed by atoms with van der Waals surface area (Å²) >= 11 is 1.48. The Morgan fingerprint density at radius 1 is 1.35 bits per heavy atom. The predicted molar refractivity (Wildman–Crippen MR) is 75.6 cm³/mol. The van der Waals surface area contributed by atoms with Crippen LogP contribution in [0.4, 0.5) is 5.82 Å². The Hall–Kier alpha value is -1.70. The third-order valence-corrected chi connectivity index (χ3v) is 4.21. The quantitative estimate of drug-likeness (QED) is 0.845. The Labute approximate surface area is 121 Å². The molecule has 2 aromatic heterocycles. The SMILES string of the molecule is CCNc1cc(Sc2nnnn2C2CCCC2)ncn1. The Morgan fingerprint density at radius 2 is 2.20 bits per heavy atom. The predicted octanol–water partition coefficient (Wildman–Crippen LogP) is 2.16. The molecule has 7 nitrogen and oxygen atoms in total. The third-order valence-electron chi connectivity index (χ3n) is 3.33. The van der Waals surface area contributed by atoms with Gasteiger partial charge in [0.15, 0.2) is 0 Å². The third kappa shape index (κ3) is 2.90. The van der Waals surface area contributed by atoms with Gasteiger partial charge >= 0.3 is 0 Å². The van der Waals surface area contributed by atoms with E-state index in [0.29, 0.717) is 6.04 Å². The fourth-order valence-corrected chi connectivity index (χ4v) is 3.21. The van der Waals surface area contributed by atoms with Crippen LogP contribution in [0.1, 0.15) is 38.6 Å². The van der Waals surface area contributed by atoms with Gasteiger partial charge in [-0.25, -0.2) is 14.6 Å². The maximum absolute atomic E-state index is 4.27. The molecule has 0 spiro atoms. The van der Waals surface area contributed by atoms with Crippen LogP contribution < -0.4 is 5.32 Å². The summed E-state index contributed by atoms with van der Waals surface area (Å²) in [6.07, 6.45) is 6.39. The molecule has 1 fully saturated rings. The minimum absolute atomic E-state index is 0.433. The summed E-state index contributed by atoms with van der Waals surface area (Å²) in [6.45, 7) is 2.87. The van der Waals surface area contributed by atoms with Gasteiger partial charge in [-0.15, -0.1) is 5.10 Å². The fraction of sp³-hybridized carbons (Fsp3) is 0.583. The zero-order chi connectivity index (χ0) is 13.8. The van der Waals surface area contributed by atoms with Crippen molar-refractivity contribution < 1.29 is 0 Å². The second-order valence-electron chi connectivity index (χ2n) is 4.72. The van der Waals surface area contributed by atoms with Crippen molar-refractivity contribution >= 4 is 17.6 Å². The molecule has 0 atom stereocenters. The van der Waals surface area contributed by atoms with Crippen molar-refractivity contribution in [2.45, 2.75) is 48.8 Å². The zero-order valence-electron chi connectivity index (χ0n) is 11.4. The fourth-order valence-electron chi connectivity index (χ4n) is 2.40. The van der Waals surface area contributed by atoms with Crippen molar-refractivity contribution in [2.24, 2.45) is 0 Å². The van der Waals surface area contributed by atoms with Gasteiger partial charge in [-0.3, -0.25) is 0 Å². The minimum Gasteiger partial charge on any atom is -0.370 e. The molecule has 0 amide bonds. The van der Waals surface area contributed by atoms with Crippen LogP contribution in [0.15, 0.2) is 22.6 Å². The highest BCUT2D eigenvalue weighted by molar-refractivity contribution is 7.99. The van der Waals surface area contributed by atoms with Gasteiger partial charge in [0.1, 0.15) is 17.2 Å². The van der Waals surface area contributed by atoms with Gasteiger partial charge in [-0.2, -0.15) is 0 Å². The Morgan fingerprint density at radius 3 is 3.00 bits per heavy atom. The largest absolute Gasteiger partial charge is 0.370 e. The molecule has 1 N–H and O–H groups in total. The van der Waals surface area contributed by atoms with Crippen LogP contribution in [0.3, 0.4) is 0 Å². The van der Waals surface area contributed by atoms with Crippen LogP contribution in [0.5, 0.6) is 0 Å². The van der Waals surface area contributed by atoms with Gasteiger partial charge in [0, 0.05) is 12.6 Å². The van der Waals surface area contributed by atoms with Gasteiger partial charge in [-0.1, -0.05) is 12.8 Å². The summed E-state index contributed by atoms with van der Waals surface area (Å²) in [4.78, 5) is 8.43. The van der Waals surface area contributed by atoms with E-state index in [0.717, 1.165) is 35.4 Å². The summed E-state index contributed by atoms with van der Waals surface area (Å²) in [5, 5.41) is 16.9. The average Bonchev–Trinajstić information content (AvgIpc) is 3.10. The average molecular weight is 291 g/mol. The molecule has 0 aromatic carbocycles.